The van der Waals surface area contributed by atoms with Crippen LogP contribution in [0.25, 0.3) is 21.1 Å². The highest BCUT2D eigenvalue weighted by Crippen LogP contribution is 2.38. The molecule has 1 amide bonds. The number of anilines is 1. The maximum absolute atomic E-state index is 13.1. The number of benzene rings is 1. The van der Waals surface area contributed by atoms with Gasteiger partial charge in [0.2, 0.25) is 11.1 Å². The molecular formula is C24H20N4O2S3. The van der Waals surface area contributed by atoms with Gasteiger partial charge in [-0.25, -0.2) is 4.98 Å². The van der Waals surface area contributed by atoms with E-state index in [4.69, 9.17) is 4.98 Å². The Labute approximate surface area is 203 Å². The minimum atomic E-state index is -0.401. The molecule has 4 heterocycles. The van der Waals surface area contributed by atoms with Crippen LogP contribution in [0.5, 0.6) is 0 Å². The molecule has 1 aliphatic heterocycles. The van der Waals surface area contributed by atoms with Gasteiger partial charge in [-0.1, -0.05) is 11.8 Å². The number of carbonyl (C=O) groups is 2. The van der Waals surface area contributed by atoms with Crippen LogP contribution in [0, 0.1) is 13.8 Å². The fraction of sp³-hybridized carbons (Fsp3) is 0.208. The topological polar surface area (TPSA) is 84.8 Å². The molecule has 4 aromatic rings. The SMILES string of the molecule is Cc1ccsc1-c1nnc(S[C@@H](C)C(=O)c2ccc3c(c2)CC(=O)N3)nc1-c1sccc1C. The minimum absolute atomic E-state index is 0.0298. The van der Waals surface area contributed by atoms with E-state index in [1.807, 2.05) is 17.7 Å². The fourth-order valence-corrected chi connectivity index (χ4v) is 6.35. The number of rotatable bonds is 6. The van der Waals surface area contributed by atoms with Gasteiger partial charge in [-0.2, -0.15) is 0 Å². The molecule has 0 aliphatic carbocycles. The van der Waals surface area contributed by atoms with E-state index in [0.29, 0.717) is 17.1 Å². The number of nitrogens with one attached hydrogen (secondary N) is 1. The summed E-state index contributed by atoms with van der Waals surface area (Å²) in [6.07, 6.45) is 0.304. The van der Waals surface area contributed by atoms with Crippen molar-refractivity contribution in [2.75, 3.05) is 5.32 Å². The number of fused-ring (bicyclic) bond motifs is 1. The van der Waals surface area contributed by atoms with E-state index in [1.54, 1.807) is 40.9 Å². The van der Waals surface area contributed by atoms with Crippen molar-refractivity contribution < 1.29 is 9.59 Å². The Morgan fingerprint density at radius 2 is 1.73 bits per heavy atom. The second-order valence-corrected chi connectivity index (χ2v) is 11.0. The zero-order valence-electron chi connectivity index (χ0n) is 18.2. The third kappa shape index (κ3) is 4.23. The summed E-state index contributed by atoms with van der Waals surface area (Å²) in [5.41, 5.74) is 6.06. The molecule has 6 nitrogen and oxygen atoms in total. The molecule has 0 saturated heterocycles. The monoisotopic (exact) mass is 492 g/mol. The summed E-state index contributed by atoms with van der Waals surface area (Å²) in [6.45, 7) is 5.97. The average molecular weight is 493 g/mol. The molecule has 0 bridgehead atoms. The molecule has 0 radical (unpaired) electrons. The predicted octanol–water partition coefficient (Wildman–Crippen LogP) is 5.80. The molecular weight excluding hydrogens is 472 g/mol. The van der Waals surface area contributed by atoms with Gasteiger partial charge in [0.25, 0.3) is 0 Å². The summed E-state index contributed by atoms with van der Waals surface area (Å²) in [5.74, 6) is -0.0771. The molecule has 1 aliphatic rings. The number of amides is 1. The first-order chi connectivity index (χ1) is 15.9. The second-order valence-electron chi connectivity index (χ2n) is 7.88. The maximum Gasteiger partial charge on any atom is 0.228 e. The van der Waals surface area contributed by atoms with Gasteiger partial charge in [-0.05, 0) is 78.6 Å². The van der Waals surface area contributed by atoms with Crippen molar-refractivity contribution in [2.24, 2.45) is 0 Å². The molecule has 1 atom stereocenters. The molecule has 0 fully saturated rings. The molecule has 166 valence electrons. The number of ketones is 1. The van der Waals surface area contributed by atoms with E-state index in [-0.39, 0.29) is 11.7 Å². The summed E-state index contributed by atoms with van der Waals surface area (Å²) < 4.78 is 0. The Hall–Kier alpha value is -2.88. The van der Waals surface area contributed by atoms with Gasteiger partial charge < -0.3 is 5.32 Å². The van der Waals surface area contributed by atoms with Crippen molar-refractivity contribution >= 4 is 51.8 Å². The number of thioether (sulfide) groups is 1. The Kier molecular flexibility index (Phi) is 5.86. The van der Waals surface area contributed by atoms with Crippen LogP contribution < -0.4 is 5.32 Å². The number of nitrogens with zero attached hydrogens (tertiary/aromatic N) is 3. The first-order valence-corrected chi connectivity index (χ1v) is 13.0. The smallest absolute Gasteiger partial charge is 0.228 e. The largest absolute Gasteiger partial charge is 0.326 e. The third-order valence-corrected chi connectivity index (χ3v) is 8.49. The van der Waals surface area contributed by atoms with Crippen LogP contribution in [-0.4, -0.2) is 32.1 Å². The maximum atomic E-state index is 13.1. The van der Waals surface area contributed by atoms with Crippen molar-refractivity contribution in [2.45, 2.75) is 37.6 Å². The zero-order valence-corrected chi connectivity index (χ0v) is 20.7. The average Bonchev–Trinajstić information content (AvgIpc) is 3.51. The van der Waals surface area contributed by atoms with Gasteiger partial charge >= 0.3 is 0 Å². The number of hydrogen-bond donors (Lipinski definition) is 1. The number of thiophene rings is 2. The van der Waals surface area contributed by atoms with Gasteiger partial charge in [0.05, 0.1) is 21.4 Å². The summed E-state index contributed by atoms with van der Waals surface area (Å²) >= 11 is 4.55. The highest BCUT2D eigenvalue weighted by molar-refractivity contribution is 8.00. The number of carbonyl (C=O) groups excluding carboxylic acids is 2. The molecule has 1 aromatic carbocycles. The Morgan fingerprint density at radius 3 is 2.39 bits per heavy atom. The lowest BCUT2D eigenvalue weighted by Crippen LogP contribution is -2.14. The highest BCUT2D eigenvalue weighted by atomic mass is 32.2. The Balaban J connectivity index is 1.45. The molecule has 5 rings (SSSR count). The lowest BCUT2D eigenvalue weighted by atomic mass is 10.0. The lowest BCUT2D eigenvalue weighted by molar-refractivity contribution is -0.115. The van der Waals surface area contributed by atoms with Crippen molar-refractivity contribution in [3.63, 3.8) is 0 Å². The normalized spacial score (nSPS) is 13.6. The second kappa shape index (κ2) is 8.81. The lowest BCUT2D eigenvalue weighted by Gasteiger charge is -2.12. The molecule has 3 aromatic heterocycles. The highest BCUT2D eigenvalue weighted by Gasteiger charge is 2.24. The third-order valence-electron chi connectivity index (χ3n) is 5.49. The van der Waals surface area contributed by atoms with Crippen molar-refractivity contribution in [3.05, 3.63) is 63.3 Å². The summed E-state index contributed by atoms with van der Waals surface area (Å²) in [4.78, 5) is 31.7. The van der Waals surface area contributed by atoms with E-state index in [0.717, 1.165) is 43.5 Å². The van der Waals surface area contributed by atoms with Crippen molar-refractivity contribution in [1.82, 2.24) is 15.2 Å². The van der Waals surface area contributed by atoms with Crippen LogP contribution >= 0.6 is 34.4 Å². The Morgan fingerprint density at radius 1 is 1.03 bits per heavy atom. The Bertz CT molecular complexity index is 1390. The number of aromatic nitrogens is 3. The summed E-state index contributed by atoms with van der Waals surface area (Å²) in [7, 11) is 0. The molecule has 0 unspecified atom stereocenters. The number of Topliss-reactive ketones (excluding diaryl/α,β-unsaturated/α-hetero) is 1. The van der Waals surface area contributed by atoms with Gasteiger partial charge in [-0.3, -0.25) is 9.59 Å². The van der Waals surface area contributed by atoms with Crippen LogP contribution in [0.2, 0.25) is 0 Å². The van der Waals surface area contributed by atoms with Crippen LogP contribution in [0.15, 0.2) is 46.2 Å². The van der Waals surface area contributed by atoms with E-state index >= 15 is 0 Å². The first kappa shape index (κ1) is 21.9. The van der Waals surface area contributed by atoms with Gasteiger partial charge in [0, 0.05) is 11.3 Å². The van der Waals surface area contributed by atoms with Crippen LogP contribution in [0.1, 0.15) is 34.0 Å². The van der Waals surface area contributed by atoms with Gasteiger partial charge in [0.1, 0.15) is 11.4 Å². The van der Waals surface area contributed by atoms with E-state index in [1.165, 1.54) is 11.8 Å². The van der Waals surface area contributed by atoms with Crippen LogP contribution in [0.4, 0.5) is 5.69 Å². The molecule has 1 N–H and O–H groups in total. The fourth-order valence-electron chi connectivity index (χ4n) is 3.73. The molecule has 0 spiro atoms. The van der Waals surface area contributed by atoms with E-state index in [9.17, 15) is 9.59 Å². The molecule has 33 heavy (non-hydrogen) atoms. The summed E-state index contributed by atoms with van der Waals surface area (Å²) in [5, 5.41) is 15.9. The predicted molar refractivity (Wildman–Crippen MR) is 134 cm³/mol. The van der Waals surface area contributed by atoms with Gasteiger partial charge in [0.15, 0.2) is 5.78 Å². The van der Waals surface area contributed by atoms with Crippen molar-refractivity contribution in [1.29, 1.82) is 0 Å². The zero-order chi connectivity index (χ0) is 23.1. The standard InChI is InChI=1S/C24H20N4O2S3/c1-12-6-8-31-22(12)19-20(23-13(2)7-9-32-23)27-28-24(26-19)33-14(3)21(30)15-4-5-17-16(10-15)11-18(29)25-17/h4-10,14H,11H2,1-3H3,(H,25,29)/t14-/m0/s1. The number of aryl methyl sites for hydroxylation is 2. The van der Waals surface area contributed by atoms with Crippen molar-refractivity contribution in [3.8, 4) is 21.1 Å². The minimum Gasteiger partial charge on any atom is -0.326 e. The molecule has 9 heteroatoms. The number of hydrogen-bond acceptors (Lipinski definition) is 8. The summed E-state index contributed by atoms with van der Waals surface area (Å²) in [6, 6.07) is 9.48. The van der Waals surface area contributed by atoms with E-state index in [2.05, 4.69) is 41.5 Å². The van der Waals surface area contributed by atoms with Gasteiger partial charge in [-0.15, -0.1) is 32.9 Å². The first-order valence-electron chi connectivity index (χ1n) is 10.4. The molecule has 0 saturated carbocycles. The quantitative estimate of drug-likeness (QED) is 0.270. The van der Waals surface area contributed by atoms with Crippen LogP contribution in [-0.2, 0) is 11.2 Å². The van der Waals surface area contributed by atoms with E-state index < -0.39 is 5.25 Å². The van der Waals surface area contributed by atoms with Crippen LogP contribution in [0.3, 0.4) is 0 Å².